The SMILES string of the molecule is CN1C(=O)NC(c2cccc([N+](=O)[O-])c2)C2=C1CN(c1cccc(C(=O)O)c1)C2=O. The van der Waals surface area contributed by atoms with Crippen molar-refractivity contribution in [3.63, 3.8) is 0 Å². The number of carboxylic acid groups (broad SMARTS) is 1. The first kappa shape index (κ1) is 19.1. The second-order valence-electron chi connectivity index (χ2n) is 6.90. The molecule has 1 atom stereocenters. The summed E-state index contributed by atoms with van der Waals surface area (Å²) in [5.41, 5.74) is 1.42. The van der Waals surface area contributed by atoms with Gasteiger partial charge in [0.05, 0.1) is 34.3 Å². The number of urea groups is 1. The first-order valence-corrected chi connectivity index (χ1v) is 8.94. The molecule has 2 N–H and O–H groups in total. The predicted molar refractivity (Wildman–Crippen MR) is 105 cm³/mol. The molecule has 3 amide bonds. The highest BCUT2D eigenvalue weighted by atomic mass is 16.6. The van der Waals surface area contributed by atoms with Gasteiger partial charge in [-0.2, -0.15) is 0 Å². The van der Waals surface area contributed by atoms with E-state index < -0.39 is 28.9 Å². The Hall–Kier alpha value is -4.21. The second-order valence-corrected chi connectivity index (χ2v) is 6.90. The zero-order valence-corrected chi connectivity index (χ0v) is 15.7. The summed E-state index contributed by atoms with van der Waals surface area (Å²) in [4.78, 5) is 50.4. The van der Waals surface area contributed by atoms with Gasteiger partial charge < -0.3 is 15.3 Å². The minimum Gasteiger partial charge on any atom is -0.478 e. The fraction of sp³-hybridized carbons (Fsp3) is 0.150. The number of benzene rings is 2. The van der Waals surface area contributed by atoms with Crippen molar-refractivity contribution >= 4 is 29.3 Å². The van der Waals surface area contributed by atoms with E-state index in [2.05, 4.69) is 5.32 Å². The number of carbonyl (C=O) groups is 3. The van der Waals surface area contributed by atoms with Crippen molar-refractivity contribution in [2.75, 3.05) is 18.5 Å². The summed E-state index contributed by atoms with van der Waals surface area (Å²) in [6.07, 6.45) is 0. The fourth-order valence-electron chi connectivity index (χ4n) is 3.65. The number of hydrogen-bond donors (Lipinski definition) is 2. The first-order chi connectivity index (χ1) is 14.3. The van der Waals surface area contributed by atoms with Crippen LogP contribution < -0.4 is 10.2 Å². The van der Waals surface area contributed by atoms with E-state index in [0.29, 0.717) is 22.5 Å². The van der Waals surface area contributed by atoms with Crippen LogP contribution in [0.5, 0.6) is 0 Å². The standard InChI is InChI=1S/C20H16N4O6/c1-22-15-10-23(13-6-3-5-12(9-13)19(26)27)18(25)16(15)17(21-20(22)28)11-4-2-7-14(8-11)24(29)30/h2-9,17H,10H2,1H3,(H,21,28)(H,26,27). The molecular weight excluding hydrogens is 392 g/mol. The Morgan fingerprint density at radius 2 is 1.93 bits per heavy atom. The van der Waals surface area contributed by atoms with E-state index in [1.165, 1.54) is 53.2 Å². The smallest absolute Gasteiger partial charge is 0.335 e. The number of amides is 3. The third-order valence-electron chi connectivity index (χ3n) is 5.18. The molecule has 0 saturated carbocycles. The van der Waals surface area contributed by atoms with E-state index in [-0.39, 0.29) is 17.8 Å². The van der Waals surface area contributed by atoms with Gasteiger partial charge in [-0.15, -0.1) is 0 Å². The van der Waals surface area contributed by atoms with E-state index in [1.54, 1.807) is 12.1 Å². The van der Waals surface area contributed by atoms with Crippen molar-refractivity contribution < 1.29 is 24.4 Å². The van der Waals surface area contributed by atoms with Crippen LogP contribution in [0.2, 0.25) is 0 Å². The van der Waals surface area contributed by atoms with E-state index >= 15 is 0 Å². The molecule has 0 saturated heterocycles. The Labute approximate surface area is 170 Å². The minimum absolute atomic E-state index is 0.0305. The molecule has 30 heavy (non-hydrogen) atoms. The van der Waals surface area contributed by atoms with E-state index in [0.717, 1.165) is 0 Å². The van der Waals surface area contributed by atoms with E-state index in [9.17, 15) is 29.6 Å². The summed E-state index contributed by atoms with van der Waals surface area (Å²) in [5, 5.41) is 23.1. The third kappa shape index (κ3) is 3.04. The highest BCUT2D eigenvalue weighted by Crippen LogP contribution is 2.38. The second kappa shape index (κ2) is 6.99. The zero-order chi connectivity index (χ0) is 21.6. The minimum atomic E-state index is -1.12. The van der Waals surface area contributed by atoms with Crippen LogP contribution >= 0.6 is 0 Å². The first-order valence-electron chi connectivity index (χ1n) is 8.94. The molecule has 1 unspecified atom stereocenters. The lowest BCUT2D eigenvalue weighted by molar-refractivity contribution is -0.384. The summed E-state index contributed by atoms with van der Waals surface area (Å²) in [5.74, 6) is -1.53. The number of hydrogen-bond acceptors (Lipinski definition) is 5. The summed E-state index contributed by atoms with van der Waals surface area (Å²) < 4.78 is 0. The van der Waals surface area contributed by atoms with Gasteiger partial charge in [-0.1, -0.05) is 18.2 Å². The zero-order valence-electron chi connectivity index (χ0n) is 15.7. The summed E-state index contributed by atoms with van der Waals surface area (Å²) in [7, 11) is 1.53. The molecule has 0 radical (unpaired) electrons. The number of likely N-dealkylation sites (N-methyl/N-ethyl adjacent to an activating group) is 1. The molecule has 0 fully saturated rings. The van der Waals surface area contributed by atoms with Crippen molar-refractivity contribution in [3.8, 4) is 0 Å². The number of anilines is 1. The molecule has 2 heterocycles. The lowest BCUT2D eigenvalue weighted by atomic mass is 9.95. The molecule has 2 aliphatic heterocycles. The number of rotatable bonds is 4. The Balaban J connectivity index is 1.76. The summed E-state index contributed by atoms with van der Waals surface area (Å²) >= 11 is 0. The molecule has 10 heteroatoms. The van der Waals surface area contributed by atoms with Crippen LogP contribution in [0.1, 0.15) is 22.0 Å². The number of non-ortho nitro benzene ring substituents is 1. The van der Waals surface area contributed by atoms with Crippen LogP contribution in [0.3, 0.4) is 0 Å². The maximum absolute atomic E-state index is 13.3. The van der Waals surface area contributed by atoms with Gasteiger partial charge >= 0.3 is 12.0 Å². The maximum atomic E-state index is 13.3. The van der Waals surface area contributed by atoms with E-state index in [1.807, 2.05) is 0 Å². The number of carboxylic acids is 1. The van der Waals surface area contributed by atoms with Crippen LogP contribution in [0, 0.1) is 10.1 Å². The molecule has 0 aromatic heterocycles. The lowest BCUT2D eigenvalue weighted by Crippen LogP contribution is -2.45. The van der Waals surface area contributed by atoms with Crippen LogP contribution in [0.15, 0.2) is 59.8 Å². The van der Waals surface area contributed by atoms with Gasteiger partial charge in [0, 0.05) is 24.9 Å². The predicted octanol–water partition coefficient (Wildman–Crippen LogP) is 2.29. The van der Waals surface area contributed by atoms with Gasteiger partial charge in [0.25, 0.3) is 11.6 Å². The molecule has 10 nitrogen and oxygen atoms in total. The average molecular weight is 408 g/mol. The Morgan fingerprint density at radius 1 is 1.20 bits per heavy atom. The molecule has 0 spiro atoms. The fourth-order valence-corrected chi connectivity index (χ4v) is 3.65. The number of nitrogens with zero attached hydrogens (tertiary/aromatic N) is 3. The molecule has 152 valence electrons. The Bertz CT molecular complexity index is 1140. The van der Waals surface area contributed by atoms with Gasteiger partial charge in [-0.3, -0.25) is 19.8 Å². The van der Waals surface area contributed by atoms with Gasteiger partial charge in [0.15, 0.2) is 0 Å². The van der Waals surface area contributed by atoms with Gasteiger partial charge in [0.2, 0.25) is 0 Å². The maximum Gasteiger partial charge on any atom is 0.335 e. The average Bonchev–Trinajstić information content (AvgIpc) is 3.08. The van der Waals surface area contributed by atoms with Crippen LogP contribution in [-0.4, -0.2) is 46.4 Å². The topological polar surface area (TPSA) is 133 Å². The number of nitrogens with one attached hydrogen (secondary N) is 1. The molecule has 4 rings (SSSR count). The molecule has 2 aromatic rings. The highest BCUT2D eigenvalue weighted by molar-refractivity contribution is 6.12. The Morgan fingerprint density at radius 3 is 2.63 bits per heavy atom. The van der Waals surface area contributed by atoms with Crippen molar-refractivity contribution in [1.29, 1.82) is 0 Å². The monoisotopic (exact) mass is 408 g/mol. The lowest BCUT2D eigenvalue weighted by Gasteiger charge is -2.30. The molecule has 0 bridgehead atoms. The van der Waals surface area contributed by atoms with Crippen LogP contribution in [0.4, 0.5) is 16.2 Å². The highest BCUT2D eigenvalue weighted by Gasteiger charge is 2.43. The molecule has 0 aliphatic carbocycles. The third-order valence-corrected chi connectivity index (χ3v) is 5.18. The number of nitro benzene ring substituents is 1. The van der Waals surface area contributed by atoms with Gasteiger partial charge in [-0.25, -0.2) is 9.59 Å². The van der Waals surface area contributed by atoms with E-state index in [4.69, 9.17) is 0 Å². The van der Waals surface area contributed by atoms with Crippen LogP contribution in [0.25, 0.3) is 0 Å². The largest absolute Gasteiger partial charge is 0.478 e. The van der Waals surface area contributed by atoms with Crippen molar-refractivity contribution in [2.45, 2.75) is 6.04 Å². The Kier molecular flexibility index (Phi) is 4.46. The number of aromatic carboxylic acids is 1. The molecule has 2 aliphatic rings. The number of carbonyl (C=O) groups excluding carboxylic acids is 2. The summed E-state index contributed by atoms with van der Waals surface area (Å²) in [6.45, 7) is 0.0760. The van der Waals surface area contributed by atoms with Crippen LogP contribution in [-0.2, 0) is 4.79 Å². The van der Waals surface area contributed by atoms with Crippen molar-refractivity contribution in [2.24, 2.45) is 0 Å². The van der Waals surface area contributed by atoms with Crippen molar-refractivity contribution in [3.05, 3.63) is 81.0 Å². The quantitative estimate of drug-likeness (QED) is 0.589. The number of nitro groups is 1. The molecule has 2 aromatic carbocycles. The van der Waals surface area contributed by atoms with Gasteiger partial charge in [-0.05, 0) is 23.8 Å². The normalized spacial score (nSPS) is 18.4. The van der Waals surface area contributed by atoms with Crippen molar-refractivity contribution in [1.82, 2.24) is 10.2 Å². The summed E-state index contributed by atoms with van der Waals surface area (Å²) in [6, 6.07) is 10.4. The van der Waals surface area contributed by atoms with Gasteiger partial charge in [0.1, 0.15) is 0 Å². The molecular formula is C20H16N4O6.